The van der Waals surface area contributed by atoms with Crippen LogP contribution in [0.3, 0.4) is 0 Å². The summed E-state index contributed by atoms with van der Waals surface area (Å²) in [6.07, 6.45) is 6.47. The van der Waals surface area contributed by atoms with Crippen LogP contribution >= 0.6 is 15.9 Å². The summed E-state index contributed by atoms with van der Waals surface area (Å²) < 4.78 is 0.776. The van der Waals surface area contributed by atoms with Crippen LogP contribution in [0.25, 0.3) is 0 Å². The zero-order valence-electron chi connectivity index (χ0n) is 14.5. The fraction of sp³-hybridized carbons (Fsp3) is 0.611. The van der Waals surface area contributed by atoms with E-state index in [2.05, 4.69) is 33.1 Å². The van der Waals surface area contributed by atoms with Gasteiger partial charge in [-0.25, -0.2) is 0 Å². The highest BCUT2D eigenvalue weighted by atomic mass is 79.9. The number of nitrogens with one attached hydrogen (secondary N) is 1. The molecule has 0 aromatic heterocycles. The Morgan fingerprint density at radius 1 is 1.33 bits per heavy atom. The zero-order valence-corrected chi connectivity index (χ0v) is 16.1. The number of nitrogen functional groups attached to an aromatic ring is 1. The minimum atomic E-state index is -0.108. The van der Waals surface area contributed by atoms with Gasteiger partial charge in [-0.15, -0.1) is 0 Å². The number of halogens is 1. The third kappa shape index (κ3) is 4.94. The Morgan fingerprint density at radius 2 is 2.04 bits per heavy atom. The molecule has 1 fully saturated rings. The molecule has 0 aliphatic heterocycles. The van der Waals surface area contributed by atoms with Crippen molar-refractivity contribution in [3.8, 4) is 0 Å². The molecule has 0 atom stereocenters. The van der Waals surface area contributed by atoms with Crippen molar-refractivity contribution >= 4 is 27.5 Å². The van der Waals surface area contributed by atoms with Crippen LogP contribution in [0, 0.1) is 0 Å². The highest BCUT2D eigenvalue weighted by Gasteiger charge is 2.21. The maximum Gasteiger partial charge on any atom is 0.251 e. The second kappa shape index (κ2) is 9.39. The Labute approximate surface area is 153 Å². The summed E-state index contributed by atoms with van der Waals surface area (Å²) in [7, 11) is 0. The lowest BCUT2D eigenvalue weighted by Crippen LogP contribution is -2.36. The first-order valence-corrected chi connectivity index (χ1v) is 9.66. The molecular weight excluding hydrogens is 368 g/mol. The molecular formula is C18H29BrN4O. The molecule has 1 aromatic carbocycles. The van der Waals surface area contributed by atoms with E-state index >= 15 is 0 Å². The molecule has 0 heterocycles. The fourth-order valence-corrected chi connectivity index (χ4v) is 3.89. The number of amides is 1. The molecule has 1 aliphatic carbocycles. The summed E-state index contributed by atoms with van der Waals surface area (Å²) in [5.41, 5.74) is 14.1. The van der Waals surface area contributed by atoms with Gasteiger partial charge in [-0.1, -0.05) is 26.2 Å². The van der Waals surface area contributed by atoms with Crippen LogP contribution in [0.2, 0.25) is 0 Å². The summed E-state index contributed by atoms with van der Waals surface area (Å²) in [5.74, 6) is -0.108. The van der Waals surface area contributed by atoms with Crippen LogP contribution in [0.1, 0.15) is 54.9 Å². The molecule has 0 unspecified atom stereocenters. The van der Waals surface area contributed by atoms with E-state index in [1.54, 1.807) is 6.07 Å². The molecule has 0 saturated heterocycles. The van der Waals surface area contributed by atoms with Crippen LogP contribution in [-0.2, 0) is 6.54 Å². The first-order chi connectivity index (χ1) is 11.6. The predicted molar refractivity (Wildman–Crippen MR) is 103 cm³/mol. The van der Waals surface area contributed by atoms with Crippen molar-refractivity contribution in [2.75, 3.05) is 25.4 Å². The molecule has 1 saturated carbocycles. The summed E-state index contributed by atoms with van der Waals surface area (Å²) in [5, 5.41) is 2.81. The van der Waals surface area contributed by atoms with Gasteiger partial charge in [0.1, 0.15) is 0 Å². The van der Waals surface area contributed by atoms with Crippen molar-refractivity contribution < 1.29 is 4.79 Å². The molecule has 24 heavy (non-hydrogen) atoms. The standard InChI is InChI=1S/C18H29BrN4O/c1-2-23(15-6-4-3-5-7-15)12-14-10-13(11-16(19)17(14)21)18(24)22-9-8-20/h10-11,15H,2-9,12,20-21H2,1H3,(H,22,24). The van der Waals surface area contributed by atoms with Crippen molar-refractivity contribution in [1.29, 1.82) is 0 Å². The van der Waals surface area contributed by atoms with E-state index < -0.39 is 0 Å². The molecule has 0 bridgehead atoms. The lowest BCUT2D eigenvalue weighted by atomic mass is 9.93. The van der Waals surface area contributed by atoms with Gasteiger partial charge in [0.25, 0.3) is 5.91 Å². The van der Waals surface area contributed by atoms with Crippen molar-refractivity contribution in [1.82, 2.24) is 10.2 Å². The zero-order chi connectivity index (χ0) is 17.5. The summed E-state index contributed by atoms with van der Waals surface area (Å²) >= 11 is 3.49. The number of nitrogens with zero attached hydrogens (tertiary/aromatic N) is 1. The fourth-order valence-electron chi connectivity index (χ4n) is 3.39. The van der Waals surface area contributed by atoms with E-state index in [-0.39, 0.29) is 5.91 Å². The molecule has 1 aliphatic rings. The average Bonchev–Trinajstić information content (AvgIpc) is 2.61. The molecule has 2 rings (SSSR count). The first kappa shape index (κ1) is 19.2. The van der Waals surface area contributed by atoms with Gasteiger partial charge in [0, 0.05) is 35.7 Å². The van der Waals surface area contributed by atoms with E-state index in [1.807, 2.05) is 6.07 Å². The number of hydrogen-bond acceptors (Lipinski definition) is 4. The van der Waals surface area contributed by atoms with Gasteiger partial charge in [-0.2, -0.15) is 0 Å². The molecule has 1 amide bonds. The Balaban J connectivity index is 2.18. The molecule has 1 aromatic rings. The van der Waals surface area contributed by atoms with Crippen LogP contribution in [0.15, 0.2) is 16.6 Å². The van der Waals surface area contributed by atoms with E-state index in [0.717, 1.165) is 28.8 Å². The highest BCUT2D eigenvalue weighted by molar-refractivity contribution is 9.10. The molecule has 0 radical (unpaired) electrons. The monoisotopic (exact) mass is 396 g/mol. The minimum absolute atomic E-state index is 0.108. The van der Waals surface area contributed by atoms with Crippen LogP contribution in [0.5, 0.6) is 0 Å². The Morgan fingerprint density at radius 3 is 2.67 bits per heavy atom. The number of rotatable bonds is 7. The van der Waals surface area contributed by atoms with Crippen LogP contribution < -0.4 is 16.8 Å². The maximum atomic E-state index is 12.2. The van der Waals surface area contributed by atoms with Crippen molar-refractivity contribution in [3.05, 3.63) is 27.7 Å². The smallest absolute Gasteiger partial charge is 0.251 e. The summed E-state index contributed by atoms with van der Waals surface area (Å²) in [6, 6.07) is 4.32. The van der Waals surface area contributed by atoms with Gasteiger partial charge in [0.15, 0.2) is 0 Å². The second-order valence-electron chi connectivity index (χ2n) is 6.43. The molecule has 0 spiro atoms. The minimum Gasteiger partial charge on any atom is -0.398 e. The number of anilines is 1. The van der Waals surface area contributed by atoms with Gasteiger partial charge < -0.3 is 16.8 Å². The quantitative estimate of drug-likeness (QED) is 0.618. The molecule has 5 nitrogen and oxygen atoms in total. The first-order valence-electron chi connectivity index (χ1n) is 8.87. The van der Waals surface area contributed by atoms with Crippen molar-refractivity contribution in [2.24, 2.45) is 5.73 Å². The van der Waals surface area contributed by atoms with Gasteiger partial charge in [-0.3, -0.25) is 9.69 Å². The van der Waals surface area contributed by atoms with Gasteiger partial charge >= 0.3 is 0 Å². The summed E-state index contributed by atoms with van der Waals surface area (Å²) in [4.78, 5) is 14.7. The number of hydrogen-bond donors (Lipinski definition) is 3. The number of nitrogens with two attached hydrogens (primary N) is 2. The lowest BCUT2D eigenvalue weighted by molar-refractivity contribution is 0.0954. The van der Waals surface area contributed by atoms with Crippen LogP contribution in [0.4, 0.5) is 5.69 Å². The van der Waals surface area contributed by atoms with Gasteiger partial charge in [0.2, 0.25) is 0 Å². The highest BCUT2D eigenvalue weighted by Crippen LogP contribution is 2.29. The maximum absolute atomic E-state index is 12.2. The number of carbonyl (C=O) groups is 1. The molecule has 5 N–H and O–H groups in total. The Bertz CT molecular complexity index is 558. The van der Waals surface area contributed by atoms with Crippen LogP contribution in [-0.4, -0.2) is 36.5 Å². The normalized spacial score (nSPS) is 15.7. The molecule has 134 valence electrons. The van der Waals surface area contributed by atoms with E-state index in [9.17, 15) is 4.79 Å². The number of benzene rings is 1. The summed E-state index contributed by atoms with van der Waals surface area (Å²) in [6.45, 7) is 4.87. The van der Waals surface area contributed by atoms with Gasteiger partial charge in [-0.05, 0) is 53.0 Å². The topological polar surface area (TPSA) is 84.4 Å². The third-order valence-electron chi connectivity index (χ3n) is 4.78. The predicted octanol–water partition coefficient (Wildman–Crippen LogP) is 2.87. The average molecular weight is 397 g/mol. The van der Waals surface area contributed by atoms with E-state index in [4.69, 9.17) is 11.5 Å². The Hall–Kier alpha value is -1.11. The molecule has 6 heteroatoms. The van der Waals surface area contributed by atoms with Crippen molar-refractivity contribution in [2.45, 2.75) is 51.6 Å². The lowest BCUT2D eigenvalue weighted by Gasteiger charge is -2.34. The SMILES string of the molecule is CCN(Cc1cc(C(=O)NCCN)cc(Br)c1N)C1CCCCC1. The van der Waals surface area contributed by atoms with Crippen molar-refractivity contribution in [3.63, 3.8) is 0 Å². The van der Waals surface area contributed by atoms with E-state index in [0.29, 0.717) is 24.7 Å². The number of carbonyl (C=O) groups excluding carboxylic acids is 1. The largest absolute Gasteiger partial charge is 0.398 e. The third-order valence-corrected chi connectivity index (χ3v) is 5.43. The van der Waals surface area contributed by atoms with Gasteiger partial charge in [0.05, 0.1) is 5.69 Å². The van der Waals surface area contributed by atoms with E-state index in [1.165, 1.54) is 32.1 Å². The second-order valence-corrected chi connectivity index (χ2v) is 7.28. The Kier molecular flexibility index (Phi) is 7.52.